The Balaban J connectivity index is 1.55. The quantitative estimate of drug-likeness (QED) is 0.197. The molecule has 11 heteroatoms. The van der Waals surface area contributed by atoms with E-state index in [4.69, 9.17) is 0 Å². The predicted octanol–water partition coefficient (Wildman–Crippen LogP) is 9.56. The van der Waals surface area contributed by atoms with E-state index in [0.717, 1.165) is 42.7 Å². The molecule has 0 fully saturated rings. The summed E-state index contributed by atoms with van der Waals surface area (Å²) in [6.07, 6.45) is -7.86. The van der Waals surface area contributed by atoms with E-state index in [1.807, 2.05) is 19.1 Å². The summed E-state index contributed by atoms with van der Waals surface area (Å²) >= 11 is 0. The van der Waals surface area contributed by atoms with Gasteiger partial charge >= 0.3 is 12.5 Å². The summed E-state index contributed by atoms with van der Waals surface area (Å²) in [7, 11) is 0. The molecule has 210 valence electrons. The van der Waals surface area contributed by atoms with Gasteiger partial charge in [0.05, 0.1) is 5.56 Å². The van der Waals surface area contributed by atoms with Crippen LogP contribution in [-0.2, 0) is 12.5 Å². The molecular formula is C29H19F9O2. The van der Waals surface area contributed by atoms with E-state index in [1.165, 1.54) is 12.1 Å². The Bertz CT molecular complexity index is 1470. The van der Waals surface area contributed by atoms with Crippen LogP contribution in [-0.4, -0.2) is 6.36 Å². The van der Waals surface area contributed by atoms with Crippen LogP contribution < -0.4 is 9.47 Å². The summed E-state index contributed by atoms with van der Waals surface area (Å²) in [5.74, 6) is -9.11. The molecule has 4 aromatic carbocycles. The highest BCUT2D eigenvalue weighted by Crippen LogP contribution is 2.38. The van der Waals surface area contributed by atoms with Crippen LogP contribution in [0, 0.1) is 23.3 Å². The van der Waals surface area contributed by atoms with Gasteiger partial charge in [0, 0.05) is 23.3 Å². The summed E-state index contributed by atoms with van der Waals surface area (Å²) in [5, 5.41) is 0. The van der Waals surface area contributed by atoms with Crippen molar-refractivity contribution in [3.8, 4) is 33.8 Å². The maximum Gasteiger partial charge on any atom is 0.573 e. The third-order valence-corrected chi connectivity index (χ3v) is 5.85. The lowest BCUT2D eigenvalue weighted by atomic mass is 9.97. The minimum Gasteiger partial charge on any atom is -0.429 e. The van der Waals surface area contributed by atoms with Crippen molar-refractivity contribution in [3.63, 3.8) is 0 Å². The van der Waals surface area contributed by atoms with Crippen molar-refractivity contribution in [1.29, 1.82) is 0 Å². The maximum atomic E-state index is 15.0. The first kappa shape index (κ1) is 28.8. The molecule has 0 saturated carbocycles. The van der Waals surface area contributed by atoms with Gasteiger partial charge in [-0.1, -0.05) is 61.9 Å². The van der Waals surface area contributed by atoms with E-state index in [1.54, 1.807) is 12.1 Å². The van der Waals surface area contributed by atoms with Gasteiger partial charge in [-0.25, -0.2) is 17.6 Å². The Morgan fingerprint density at radius 2 is 1.10 bits per heavy atom. The zero-order valence-corrected chi connectivity index (χ0v) is 20.6. The molecule has 0 aromatic heterocycles. The number of benzene rings is 4. The molecule has 0 spiro atoms. The second kappa shape index (κ2) is 11.1. The van der Waals surface area contributed by atoms with Crippen molar-refractivity contribution in [2.45, 2.75) is 32.2 Å². The van der Waals surface area contributed by atoms with Crippen LogP contribution in [0.15, 0.2) is 72.8 Å². The topological polar surface area (TPSA) is 18.5 Å². The van der Waals surface area contributed by atoms with Crippen molar-refractivity contribution in [1.82, 2.24) is 0 Å². The molecule has 0 saturated heterocycles. The summed E-state index contributed by atoms with van der Waals surface area (Å²) in [6.45, 7) is 2.02. The molecule has 0 N–H and O–H groups in total. The molecular weight excluding hydrogens is 551 g/mol. The van der Waals surface area contributed by atoms with Gasteiger partial charge in [-0.3, -0.25) is 0 Å². The van der Waals surface area contributed by atoms with Crippen molar-refractivity contribution in [2.24, 2.45) is 0 Å². The number of rotatable bonds is 8. The van der Waals surface area contributed by atoms with Gasteiger partial charge in [-0.2, -0.15) is 8.78 Å². The fourth-order valence-corrected chi connectivity index (χ4v) is 3.99. The molecule has 0 atom stereocenters. The second-order valence-electron chi connectivity index (χ2n) is 8.70. The summed E-state index contributed by atoms with van der Waals surface area (Å²) in [4.78, 5) is 0. The molecule has 0 bridgehead atoms. The van der Waals surface area contributed by atoms with Gasteiger partial charge in [0.25, 0.3) is 0 Å². The lowest BCUT2D eigenvalue weighted by Gasteiger charge is -2.19. The third kappa shape index (κ3) is 6.35. The number of hydrogen-bond acceptors (Lipinski definition) is 2. The highest BCUT2D eigenvalue weighted by atomic mass is 19.4. The number of hydrogen-bond donors (Lipinski definition) is 0. The smallest absolute Gasteiger partial charge is 0.429 e. The molecule has 0 heterocycles. The monoisotopic (exact) mass is 570 g/mol. The van der Waals surface area contributed by atoms with Gasteiger partial charge in [0.1, 0.15) is 5.75 Å². The number of halogens is 9. The molecule has 0 unspecified atom stereocenters. The van der Waals surface area contributed by atoms with Crippen LogP contribution in [0.3, 0.4) is 0 Å². The fourth-order valence-electron chi connectivity index (χ4n) is 3.99. The van der Waals surface area contributed by atoms with Crippen LogP contribution in [0.25, 0.3) is 22.3 Å². The number of aryl methyl sites for hydroxylation is 1. The molecule has 0 aliphatic heterocycles. The van der Waals surface area contributed by atoms with E-state index in [0.29, 0.717) is 5.56 Å². The van der Waals surface area contributed by atoms with Gasteiger partial charge < -0.3 is 9.47 Å². The average molecular weight is 570 g/mol. The Morgan fingerprint density at radius 3 is 1.55 bits per heavy atom. The molecule has 0 aliphatic carbocycles. The first-order valence-corrected chi connectivity index (χ1v) is 11.8. The van der Waals surface area contributed by atoms with Crippen molar-refractivity contribution in [2.75, 3.05) is 0 Å². The van der Waals surface area contributed by atoms with E-state index in [9.17, 15) is 39.5 Å². The van der Waals surface area contributed by atoms with Gasteiger partial charge in [0.2, 0.25) is 5.75 Å². The zero-order chi connectivity index (χ0) is 29.2. The molecule has 0 radical (unpaired) electrons. The molecule has 4 rings (SSSR count). The van der Waals surface area contributed by atoms with Gasteiger partial charge in [-0.05, 0) is 35.2 Å². The Kier molecular flexibility index (Phi) is 8.04. The number of alkyl halides is 5. The normalized spacial score (nSPS) is 11.9. The highest BCUT2D eigenvalue weighted by Gasteiger charge is 2.37. The van der Waals surface area contributed by atoms with Gasteiger partial charge in [-0.15, -0.1) is 13.2 Å². The van der Waals surface area contributed by atoms with Gasteiger partial charge in [0.15, 0.2) is 23.3 Å². The van der Waals surface area contributed by atoms with Crippen LogP contribution in [0.2, 0.25) is 0 Å². The van der Waals surface area contributed by atoms with E-state index < -0.39 is 52.8 Å². The van der Waals surface area contributed by atoms with Crippen molar-refractivity contribution < 1.29 is 49.0 Å². The summed E-state index contributed by atoms with van der Waals surface area (Å²) in [5.41, 5.74) is 0.535. The molecule has 4 aromatic rings. The Labute approximate surface area is 222 Å². The predicted molar refractivity (Wildman–Crippen MR) is 129 cm³/mol. The lowest BCUT2D eigenvalue weighted by Crippen LogP contribution is -2.22. The average Bonchev–Trinajstić information content (AvgIpc) is 2.88. The van der Waals surface area contributed by atoms with Crippen LogP contribution in [0.1, 0.15) is 24.5 Å². The second-order valence-corrected chi connectivity index (χ2v) is 8.70. The lowest BCUT2D eigenvalue weighted by molar-refractivity contribution is -0.276. The van der Waals surface area contributed by atoms with Crippen molar-refractivity contribution >= 4 is 0 Å². The maximum absolute atomic E-state index is 15.0. The minimum atomic E-state index is -5.42. The third-order valence-electron chi connectivity index (χ3n) is 5.85. The first-order chi connectivity index (χ1) is 18.8. The Morgan fingerprint density at radius 1 is 0.625 bits per heavy atom. The highest BCUT2D eigenvalue weighted by molar-refractivity contribution is 5.72. The number of ether oxygens (including phenoxy) is 2. The van der Waals surface area contributed by atoms with Crippen molar-refractivity contribution in [3.05, 3.63) is 107 Å². The van der Waals surface area contributed by atoms with Crippen LogP contribution >= 0.6 is 0 Å². The first-order valence-electron chi connectivity index (χ1n) is 11.8. The Hall–Kier alpha value is -4.15. The molecule has 0 aliphatic rings. The van der Waals surface area contributed by atoms with Crippen LogP contribution in [0.5, 0.6) is 11.5 Å². The molecule has 0 amide bonds. The fraction of sp³-hybridized carbons (Fsp3) is 0.172. The minimum absolute atomic E-state index is 0.0203. The molecule has 2 nitrogen and oxygen atoms in total. The van der Waals surface area contributed by atoms with E-state index in [-0.39, 0.29) is 28.8 Å². The van der Waals surface area contributed by atoms with E-state index >= 15 is 0 Å². The summed E-state index contributed by atoms with van der Waals surface area (Å²) < 4.78 is 131. The zero-order valence-electron chi connectivity index (χ0n) is 20.6. The largest absolute Gasteiger partial charge is 0.573 e. The van der Waals surface area contributed by atoms with Crippen LogP contribution in [0.4, 0.5) is 39.5 Å². The van der Waals surface area contributed by atoms with E-state index in [2.05, 4.69) is 9.47 Å². The molecule has 40 heavy (non-hydrogen) atoms. The SMILES string of the molecule is CCCc1ccc(-c2ccc(-c3ccc(C(F)(F)Oc4cc(F)c(OC(F)(F)F)c(F)c4)cc3)c(F)c2F)cc1. The summed E-state index contributed by atoms with van der Waals surface area (Å²) in [6, 6.07) is 13.6. The standard InChI is InChI=1S/C29H19F9O2/c1-2-3-16-4-6-17(7-5-16)21-12-13-22(26(33)25(21)32)18-8-10-19(11-9-18)28(34,35)39-20-14-23(30)27(24(31)15-20)40-29(36,37)38/h4-15H,2-3H2,1H3.